The van der Waals surface area contributed by atoms with Crippen LogP contribution in [0, 0.1) is 0 Å². The van der Waals surface area contributed by atoms with Crippen molar-refractivity contribution in [3.8, 4) is 0 Å². The predicted molar refractivity (Wildman–Crippen MR) is 97.1 cm³/mol. The second-order valence-corrected chi connectivity index (χ2v) is 6.29. The van der Waals surface area contributed by atoms with Crippen molar-refractivity contribution in [2.75, 3.05) is 0 Å². The number of hydrogen-bond donors (Lipinski definition) is 1. The number of halogens is 1. The molecule has 2 heterocycles. The fraction of sp³-hybridized carbons (Fsp3) is 0.105. The van der Waals surface area contributed by atoms with E-state index < -0.39 is 0 Å². The van der Waals surface area contributed by atoms with E-state index in [1.165, 1.54) is 10.6 Å². The molecular weight excluding hydrogens is 336 g/mol. The summed E-state index contributed by atoms with van der Waals surface area (Å²) in [7, 11) is 0. The Labute approximate surface area is 148 Å². The maximum absolute atomic E-state index is 12.3. The highest BCUT2D eigenvalue weighted by atomic mass is 35.5. The lowest BCUT2D eigenvalue weighted by atomic mass is 10.1. The van der Waals surface area contributed by atoms with E-state index in [1.54, 1.807) is 0 Å². The lowest BCUT2D eigenvalue weighted by Crippen LogP contribution is -2.16. The van der Waals surface area contributed by atoms with Gasteiger partial charge in [-0.05, 0) is 23.3 Å². The molecule has 5 nitrogen and oxygen atoms in total. The van der Waals surface area contributed by atoms with Gasteiger partial charge in [0, 0.05) is 23.9 Å². The number of hydrogen-bond acceptors (Lipinski definition) is 3. The van der Waals surface area contributed by atoms with E-state index in [-0.39, 0.29) is 5.56 Å². The molecule has 0 spiro atoms. The summed E-state index contributed by atoms with van der Waals surface area (Å²) < 4.78 is 1.38. The molecule has 0 unspecified atom stereocenters. The van der Waals surface area contributed by atoms with Crippen LogP contribution in [0.3, 0.4) is 0 Å². The minimum absolute atomic E-state index is 0.166. The van der Waals surface area contributed by atoms with Gasteiger partial charge in [-0.15, -0.1) is 0 Å². The number of nitrogens with one attached hydrogen (secondary N) is 1. The van der Waals surface area contributed by atoms with E-state index in [4.69, 9.17) is 11.6 Å². The second kappa shape index (κ2) is 6.53. The van der Waals surface area contributed by atoms with Gasteiger partial charge in [0.05, 0.1) is 5.69 Å². The highest BCUT2D eigenvalue weighted by Crippen LogP contribution is 2.12. The van der Waals surface area contributed by atoms with Crippen molar-refractivity contribution in [2.24, 2.45) is 0 Å². The molecule has 0 radical (unpaired) electrons. The van der Waals surface area contributed by atoms with E-state index in [9.17, 15) is 4.79 Å². The SMILES string of the molecule is O=c1cc(Cc2ccc(Cl)cc2)nc2nc(Cc3ccccc3)[nH]n12. The lowest BCUT2D eigenvalue weighted by Gasteiger charge is -2.01. The standard InChI is InChI=1S/C19H15ClN4O/c20-15-8-6-14(7-9-15)10-16-12-18(25)24-19(21-16)22-17(23-24)11-13-4-2-1-3-5-13/h1-9,12H,10-11H2,(H,21,22,23). The molecule has 0 aliphatic heterocycles. The van der Waals surface area contributed by atoms with Crippen LogP contribution < -0.4 is 5.56 Å². The first-order valence-electron chi connectivity index (χ1n) is 7.93. The Kier molecular flexibility index (Phi) is 4.07. The highest BCUT2D eigenvalue weighted by Gasteiger charge is 2.09. The van der Waals surface area contributed by atoms with Gasteiger partial charge in [-0.25, -0.2) is 4.98 Å². The normalized spacial score (nSPS) is 11.1. The van der Waals surface area contributed by atoms with Crippen LogP contribution in [0.5, 0.6) is 0 Å². The quantitative estimate of drug-likeness (QED) is 0.614. The third-order valence-electron chi connectivity index (χ3n) is 3.94. The minimum atomic E-state index is -0.166. The predicted octanol–water partition coefficient (Wildman–Crippen LogP) is 3.25. The molecule has 0 saturated heterocycles. The fourth-order valence-corrected chi connectivity index (χ4v) is 2.87. The molecule has 0 amide bonds. The summed E-state index contributed by atoms with van der Waals surface area (Å²) in [6.45, 7) is 0. The molecule has 4 rings (SSSR count). The molecular formula is C19H15ClN4O. The van der Waals surface area contributed by atoms with Crippen LogP contribution >= 0.6 is 11.6 Å². The summed E-state index contributed by atoms with van der Waals surface area (Å²) in [5.74, 6) is 1.10. The minimum Gasteiger partial charge on any atom is -0.275 e. The van der Waals surface area contributed by atoms with Crippen LogP contribution in [0.1, 0.15) is 22.6 Å². The molecule has 1 N–H and O–H groups in total. The summed E-state index contributed by atoms with van der Waals surface area (Å²) in [4.78, 5) is 21.3. The van der Waals surface area contributed by atoms with E-state index in [2.05, 4.69) is 15.1 Å². The van der Waals surface area contributed by atoms with Gasteiger partial charge in [-0.3, -0.25) is 9.89 Å². The first kappa shape index (κ1) is 15.6. The van der Waals surface area contributed by atoms with Crippen molar-refractivity contribution in [1.29, 1.82) is 0 Å². The zero-order chi connectivity index (χ0) is 17.2. The van der Waals surface area contributed by atoms with Crippen LogP contribution in [-0.2, 0) is 12.8 Å². The Morgan fingerprint density at radius 3 is 2.40 bits per heavy atom. The summed E-state index contributed by atoms with van der Waals surface area (Å²) >= 11 is 5.90. The molecule has 0 saturated carbocycles. The third kappa shape index (κ3) is 3.46. The average molecular weight is 351 g/mol. The number of fused-ring (bicyclic) bond motifs is 1. The van der Waals surface area contributed by atoms with Crippen molar-refractivity contribution >= 4 is 17.4 Å². The Morgan fingerprint density at radius 2 is 1.64 bits per heavy atom. The maximum Gasteiger partial charge on any atom is 0.274 e. The third-order valence-corrected chi connectivity index (χ3v) is 4.19. The van der Waals surface area contributed by atoms with Gasteiger partial charge in [0.15, 0.2) is 0 Å². The monoisotopic (exact) mass is 350 g/mol. The van der Waals surface area contributed by atoms with Crippen molar-refractivity contribution in [3.05, 3.63) is 98.7 Å². The molecule has 0 fully saturated rings. The summed E-state index contributed by atoms with van der Waals surface area (Å²) in [6, 6.07) is 19.0. The van der Waals surface area contributed by atoms with Gasteiger partial charge in [0.25, 0.3) is 11.3 Å². The Hall–Kier alpha value is -2.92. The topological polar surface area (TPSA) is 63.0 Å². The van der Waals surface area contributed by atoms with Crippen molar-refractivity contribution in [2.45, 2.75) is 12.8 Å². The molecule has 0 bridgehead atoms. The van der Waals surface area contributed by atoms with Gasteiger partial charge in [-0.1, -0.05) is 54.1 Å². The Morgan fingerprint density at radius 1 is 0.920 bits per heavy atom. The number of aromatic nitrogens is 4. The zero-order valence-electron chi connectivity index (χ0n) is 13.3. The van der Waals surface area contributed by atoms with E-state index in [1.807, 2.05) is 54.6 Å². The molecule has 4 aromatic rings. The van der Waals surface area contributed by atoms with Crippen LogP contribution in [0.2, 0.25) is 5.02 Å². The average Bonchev–Trinajstić information content (AvgIpc) is 3.01. The van der Waals surface area contributed by atoms with Crippen molar-refractivity contribution in [1.82, 2.24) is 19.6 Å². The Balaban J connectivity index is 1.65. The zero-order valence-corrected chi connectivity index (χ0v) is 14.1. The smallest absolute Gasteiger partial charge is 0.274 e. The van der Waals surface area contributed by atoms with Crippen LogP contribution in [0.4, 0.5) is 0 Å². The van der Waals surface area contributed by atoms with E-state index >= 15 is 0 Å². The molecule has 124 valence electrons. The molecule has 2 aromatic carbocycles. The molecule has 6 heteroatoms. The van der Waals surface area contributed by atoms with Gasteiger partial charge >= 0.3 is 0 Å². The fourth-order valence-electron chi connectivity index (χ4n) is 2.74. The number of aromatic amines is 1. The number of nitrogens with zero attached hydrogens (tertiary/aromatic N) is 3. The van der Waals surface area contributed by atoms with Gasteiger partial charge < -0.3 is 0 Å². The first-order chi connectivity index (χ1) is 12.2. The van der Waals surface area contributed by atoms with Crippen LogP contribution in [0.15, 0.2) is 65.5 Å². The highest BCUT2D eigenvalue weighted by molar-refractivity contribution is 6.30. The molecule has 2 aromatic heterocycles. The van der Waals surface area contributed by atoms with Crippen LogP contribution in [0.25, 0.3) is 5.78 Å². The number of benzene rings is 2. The number of H-pyrrole nitrogens is 1. The summed E-state index contributed by atoms with van der Waals surface area (Å²) in [5.41, 5.74) is 2.68. The molecule has 0 aliphatic carbocycles. The second-order valence-electron chi connectivity index (χ2n) is 5.86. The lowest BCUT2D eigenvalue weighted by molar-refractivity contribution is 0.852. The van der Waals surface area contributed by atoms with E-state index in [0.717, 1.165) is 11.1 Å². The molecule has 25 heavy (non-hydrogen) atoms. The van der Waals surface area contributed by atoms with Gasteiger partial charge in [0.1, 0.15) is 5.82 Å². The summed E-state index contributed by atoms with van der Waals surface area (Å²) in [6.07, 6.45) is 1.18. The molecule has 0 aliphatic rings. The van der Waals surface area contributed by atoms with E-state index in [0.29, 0.717) is 35.2 Å². The van der Waals surface area contributed by atoms with Crippen LogP contribution in [-0.4, -0.2) is 19.6 Å². The summed E-state index contributed by atoms with van der Waals surface area (Å²) in [5, 5.41) is 3.71. The Bertz CT molecular complexity index is 1070. The largest absolute Gasteiger partial charge is 0.275 e. The van der Waals surface area contributed by atoms with Crippen molar-refractivity contribution in [3.63, 3.8) is 0 Å². The van der Waals surface area contributed by atoms with Gasteiger partial charge in [-0.2, -0.15) is 9.50 Å². The number of rotatable bonds is 4. The van der Waals surface area contributed by atoms with Gasteiger partial charge in [0.2, 0.25) is 0 Å². The first-order valence-corrected chi connectivity index (χ1v) is 8.31. The maximum atomic E-state index is 12.3. The molecule has 0 atom stereocenters. The van der Waals surface area contributed by atoms with Crippen molar-refractivity contribution < 1.29 is 0 Å².